The number of carbonyl (C=O) groups is 1. The highest BCUT2D eigenvalue weighted by Gasteiger charge is 2.62. The molecule has 30 heavy (non-hydrogen) atoms. The first-order chi connectivity index (χ1) is 14.5. The minimum Gasteiger partial charge on any atom is -0.483 e. The summed E-state index contributed by atoms with van der Waals surface area (Å²) in [6, 6.07) is 11.3. The molecule has 0 radical (unpaired) electrons. The van der Waals surface area contributed by atoms with Gasteiger partial charge in [0.15, 0.2) is 5.75 Å². The summed E-state index contributed by atoms with van der Waals surface area (Å²) in [4.78, 5) is 26.0. The van der Waals surface area contributed by atoms with Crippen molar-refractivity contribution in [1.82, 2.24) is 9.58 Å². The van der Waals surface area contributed by atoms with E-state index in [9.17, 15) is 9.59 Å². The van der Waals surface area contributed by atoms with Crippen LogP contribution < -0.4 is 15.2 Å². The fourth-order valence-electron chi connectivity index (χ4n) is 4.90. The maximum Gasteiger partial charge on any atom is 0.223 e. The summed E-state index contributed by atoms with van der Waals surface area (Å²) in [5.74, 6) is 1.52. The molecular formula is C24H33N3O3. The number of amides is 1. The van der Waals surface area contributed by atoms with Gasteiger partial charge in [-0.3, -0.25) is 19.3 Å². The van der Waals surface area contributed by atoms with Crippen molar-refractivity contribution >= 4 is 6.41 Å². The first-order valence-corrected chi connectivity index (χ1v) is 10.8. The van der Waals surface area contributed by atoms with E-state index in [2.05, 4.69) is 5.01 Å². The van der Waals surface area contributed by atoms with Crippen LogP contribution in [0.25, 0.3) is 0 Å². The zero-order valence-electron chi connectivity index (χ0n) is 18.7. The molecule has 6 heteroatoms. The van der Waals surface area contributed by atoms with Crippen molar-refractivity contribution in [3.05, 3.63) is 64.1 Å². The number of benzene rings is 1. The Morgan fingerprint density at radius 1 is 1.20 bits per heavy atom. The van der Waals surface area contributed by atoms with Gasteiger partial charge in [-0.05, 0) is 37.7 Å². The fraction of sp³-hybridized carbons (Fsp3) is 0.500. The quantitative estimate of drug-likeness (QED) is 0.517. The van der Waals surface area contributed by atoms with Crippen LogP contribution in [0, 0.1) is 18.8 Å². The van der Waals surface area contributed by atoms with Crippen molar-refractivity contribution in [2.75, 3.05) is 19.1 Å². The summed E-state index contributed by atoms with van der Waals surface area (Å²) in [5.41, 5.74) is 1.27. The average Bonchev–Trinajstić information content (AvgIpc) is 3.47. The zero-order valence-corrected chi connectivity index (χ0v) is 18.7. The van der Waals surface area contributed by atoms with Crippen LogP contribution in [0.5, 0.6) is 5.75 Å². The van der Waals surface area contributed by atoms with E-state index in [0.29, 0.717) is 24.2 Å². The summed E-state index contributed by atoms with van der Waals surface area (Å²) >= 11 is 0. The Bertz CT molecular complexity index is 927. The molecule has 1 aromatic heterocycles. The molecule has 1 heterocycles. The number of fused-ring (bicyclic) bond motifs is 1. The summed E-state index contributed by atoms with van der Waals surface area (Å²) < 4.78 is 7.88. The number of aromatic nitrogens is 1. The normalized spacial score (nSPS) is 23.6. The van der Waals surface area contributed by atoms with Gasteiger partial charge in [-0.25, -0.2) is 0 Å². The van der Waals surface area contributed by atoms with Gasteiger partial charge in [0.25, 0.3) is 0 Å². The second-order valence-corrected chi connectivity index (χ2v) is 7.97. The van der Waals surface area contributed by atoms with E-state index in [1.165, 1.54) is 6.07 Å². The van der Waals surface area contributed by atoms with Crippen LogP contribution in [0.1, 0.15) is 44.4 Å². The van der Waals surface area contributed by atoms with Gasteiger partial charge in [-0.2, -0.15) is 0 Å². The van der Waals surface area contributed by atoms with Crippen molar-refractivity contribution in [3.8, 4) is 5.75 Å². The third-order valence-corrected chi connectivity index (χ3v) is 6.54. The minimum atomic E-state index is -0.358. The standard InChI is InChI=1S/C22H27N3O3.C2H6/c1-16-21(28-14-17-7-5-4-6-8-17)20(27)10-12-25(16)24(3)22(23(2)15-26)11-9-18-13-19(18)22;1-2/h4-8,10,12,15,18-19H,9,11,13-14H2,1-3H3;1-2H3. The van der Waals surface area contributed by atoms with Crippen molar-refractivity contribution in [2.24, 2.45) is 11.8 Å². The maximum atomic E-state index is 12.5. The molecular weight excluding hydrogens is 378 g/mol. The molecule has 3 atom stereocenters. The second-order valence-electron chi connectivity index (χ2n) is 7.97. The topological polar surface area (TPSA) is 54.8 Å². The third-order valence-electron chi connectivity index (χ3n) is 6.54. The highest BCUT2D eigenvalue weighted by molar-refractivity contribution is 5.50. The van der Waals surface area contributed by atoms with Gasteiger partial charge < -0.3 is 9.64 Å². The largest absolute Gasteiger partial charge is 0.483 e. The van der Waals surface area contributed by atoms with Crippen LogP contribution in [0.2, 0.25) is 0 Å². The number of pyridine rings is 1. The Hall–Kier alpha value is -2.76. The molecule has 1 amide bonds. The predicted molar refractivity (Wildman–Crippen MR) is 119 cm³/mol. The first-order valence-electron chi connectivity index (χ1n) is 10.8. The van der Waals surface area contributed by atoms with Gasteiger partial charge >= 0.3 is 0 Å². The molecule has 162 valence electrons. The summed E-state index contributed by atoms with van der Waals surface area (Å²) in [6.07, 6.45) is 5.91. The summed E-state index contributed by atoms with van der Waals surface area (Å²) in [5, 5.41) is 2.11. The van der Waals surface area contributed by atoms with Gasteiger partial charge in [0.1, 0.15) is 12.3 Å². The number of nitrogens with zero attached hydrogens (tertiary/aromatic N) is 3. The minimum absolute atomic E-state index is 0.133. The number of ether oxygens (including phenoxy) is 1. The van der Waals surface area contributed by atoms with E-state index in [-0.39, 0.29) is 11.1 Å². The van der Waals surface area contributed by atoms with Crippen LogP contribution in [-0.4, -0.2) is 35.7 Å². The van der Waals surface area contributed by atoms with E-state index in [4.69, 9.17) is 4.74 Å². The molecule has 2 fully saturated rings. The van der Waals surface area contributed by atoms with Crippen LogP contribution in [-0.2, 0) is 11.4 Å². The van der Waals surface area contributed by atoms with Gasteiger partial charge in [-0.15, -0.1) is 0 Å². The zero-order chi connectivity index (χ0) is 21.9. The Balaban J connectivity index is 0.00000124. The molecule has 2 aliphatic rings. The van der Waals surface area contributed by atoms with Crippen molar-refractivity contribution in [1.29, 1.82) is 0 Å². The second kappa shape index (κ2) is 8.94. The molecule has 0 N–H and O–H groups in total. The Morgan fingerprint density at radius 2 is 1.90 bits per heavy atom. The molecule has 4 rings (SSSR count). The Labute approximate surface area is 179 Å². The lowest BCUT2D eigenvalue weighted by Crippen LogP contribution is -2.62. The lowest BCUT2D eigenvalue weighted by Gasteiger charge is -2.47. The fourth-order valence-corrected chi connectivity index (χ4v) is 4.90. The lowest BCUT2D eigenvalue weighted by molar-refractivity contribution is -0.123. The van der Waals surface area contributed by atoms with Crippen LogP contribution in [0.15, 0.2) is 47.4 Å². The van der Waals surface area contributed by atoms with E-state index >= 15 is 0 Å². The van der Waals surface area contributed by atoms with E-state index < -0.39 is 0 Å². The predicted octanol–water partition coefficient (Wildman–Crippen LogP) is 3.54. The molecule has 0 saturated heterocycles. The van der Waals surface area contributed by atoms with Crippen LogP contribution in [0.3, 0.4) is 0 Å². The average molecular weight is 412 g/mol. The van der Waals surface area contributed by atoms with Crippen LogP contribution in [0.4, 0.5) is 0 Å². The van der Waals surface area contributed by atoms with E-state index in [0.717, 1.165) is 36.9 Å². The molecule has 0 spiro atoms. The Kier molecular flexibility index (Phi) is 6.54. The first kappa shape index (κ1) is 21.9. The highest BCUT2D eigenvalue weighted by atomic mass is 16.5. The molecule has 6 nitrogen and oxygen atoms in total. The molecule has 0 aliphatic heterocycles. The number of carbonyl (C=O) groups excluding carboxylic acids is 1. The molecule has 2 saturated carbocycles. The van der Waals surface area contributed by atoms with Crippen LogP contribution >= 0.6 is 0 Å². The van der Waals surface area contributed by atoms with Crippen molar-refractivity contribution in [2.45, 2.75) is 52.3 Å². The summed E-state index contributed by atoms with van der Waals surface area (Å²) in [7, 11) is 3.86. The molecule has 3 unspecified atom stereocenters. The number of rotatable bonds is 7. The van der Waals surface area contributed by atoms with Gasteiger partial charge in [0.05, 0.1) is 5.69 Å². The SMILES string of the molecule is CC.Cc1c(OCc2ccccc2)c(=O)ccn1N(C)C1(N(C)C=O)CCC2CC21. The van der Waals surface area contributed by atoms with E-state index in [1.807, 2.05) is 69.9 Å². The van der Waals surface area contributed by atoms with Crippen molar-refractivity contribution in [3.63, 3.8) is 0 Å². The third kappa shape index (κ3) is 3.71. The maximum absolute atomic E-state index is 12.5. The van der Waals surface area contributed by atoms with Gasteiger partial charge in [-0.1, -0.05) is 44.2 Å². The Morgan fingerprint density at radius 3 is 2.47 bits per heavy atom. The summed E-state index contributed by atoms with van der Waals surface area (Å²) in [6.45, 7) is 6.24. The molecule has 1 aromatic carbocycles. The molecule has 2 aliphatic carbocycles. The monoisotopic (exact) mass is 411 g/mol. The lowest BCUT2D eigenvalue weighted by atomic mass is 10.0. The van der Waals surface area contributed by atoms with Crippen molar-refractivity contribution < 1.29 is 9.53 Å². The van der Waals surface area contributed by atoms with Gasteiger partial charge in [0, 0.05) is 32.3 Å². The number of hydrogen-bond donors (Lipinski definition) is 0. The molecule has 2 aromatic rings. The van der Waals surface area contributed by atoms with Gasteiger partial charge in [0.2, 0.25) is 11.8 Å². The highest BCUT2D eigenvalue weighted by Crippen LogP contribution is 2.59. The molecule has 0 bridgehead atoms. The smallest absolute Gasteiger partial charge is 0.223 e. The number of hydrogen-bond acceptors (Lipinski definition) is 4. The van der Waals surface area contributed by atoms with E-state index in [1.54, 1.807) is 11.1 Å².